The molecule has 1 aliphatic carbocycles. The summed E-state index contributed by atoms with van der Waals surface area (Å²) in [7, 11) is 0. The first-order valence-electron chi connectivity index (χ1n) is 9.44. The van der Waals surface area contributed by atoms with E-state index in [-0.39, 0.29) is 37.1 Å². The van der Waals surface area contributed by atoms with E-state index >= 15 is 0 Å². The Morgan fingerprint density at radius 2 is 1.97 bits per heavy atom. The van der Waals surface area contributed by atoms with Crippen LogP contribution in [0.4, 0.5) is 0 Å². The van der Waals surface area contributed by atoms with Gasteiger partial charge in [0.25, 0.3) is 0 Å². The molecule has 0 aliphatic heterocycles. The molecule has 1 aliphatic rings. The number of pyridine rings is 1. The van der Waals surface area contributed by atoms with E-state index in [2.05, 4.69) is 62.3 Å². The number of allylic oxidation sites excluding steroid dienone is 2. The molecule has 0 unspecified atom stereocenters. The number of ketones is 1. The van der Waals surface area contributed by atoms with Gasteiger partial charge in [0.05, 0.1) is 5.76 Å². The number of hydrogen-bond acceptors (Lipinski definition) is 4. The van der Waals surface area contributed by atoms with Gasteiger partial charge in [-0.3, -0.25) is 4.79 Å². The Kier molecular flexibility index (Phi) is 7.21. The molecule has 3 aromatic rings. The number of carbonyl (C=O) groups excluding carboxylic acids is 1. The SMILES string of the molecule is CC(=O)/C=C(/C)O.CC(C)c1cc2c3c(nccc3c1)-c1[c-]csc1C2(C)C.[Ir]. The Labute approximate surface area is 190 Å². The molecule has 5 heteroatoms. The molecule has 3 nitrogen and oxygen atoms in total. The fourth-order valence-electron chi connectivity index (χ4n) is 3.68. The number of benzene rings is 1. The van der Waals surface area contributed by atoms with E-state index in [0.717, 1.165) is 5.69 Å². The fourth-order valence-corrected chi connectivity index (χ4v) is 4.65. The normalized spacial score (nSPS) is 14.0. The Morgan fingerprint density at radius 1 is 1.28 bits per heavy atom. The van der Waals surface area contributed by atoms with Crippen LogP contribution in [0.2, 0.25) is 0 Å². The van der Waals surface area contributed by atoms with Crippen LogP contribution >= 0.6 is 11.3 Å². The molecule has 1 aromatic carbocycles. The Hall–Kier alpha value is -1.81. The molecule has 4 rings (SSSR count). The molecule has 29 heavy (non-hydrogen) atoms. The van der Waals surface area contributed by atoms with Crippen molar-refractivity contribution in [3.8, 4) is 11.3 Å². The van der Waals surface area contributed by atoms with Crippen LogP contribution in [0.25, 0.3) is 22.0 Å². The Morgan fingerprint density at radius 3 is 2.52 bits per heavy atom. The molecule has 0 amide bonds. The van der Waals surface area contributed by atoms with Gasteiger partial charge >= 0.3 is 0 Å². The number of fused-ring (bicyclic) bond motifs is 2. The summed E-state index contributed by atoms with van der Waals surface area (Å²) in [5.74, 6) is 0.474. The molecular formula is C24H26IrNO2S-. The van der Waals surface area contributed by atoms with Crippen LogP contribution in [0, 0.1) is 6.07 Å². The minimum atomic E-state index is -0.125. The van der Waals surface area contributed by atoms with E-state index in [9.17, 15) is 4.79 Å². The molecule has 0 saturated carbocycles. The Balaban J connectivity index is 0.000000327. The van der Waals surface area contributed by atoms with Crippen LogP contribution in [0.1, 0.15) is 63.5 Å². The van der Waals surface area contributed by atoms with Crippen LogP contribution in [-0.2, 0) is 30.3 Å². The molecule has 2 heterocycles. The molecule has 1 N–H and O–H groups in total. The second-order valence-electron chi connectivity index (χ2n) is 8.09. The Bertz CT molecular complexity index is 1080. The van der Waals surface area contributed by atoms with Crippen molar-refractivity contribution in [1.82, 2.24) is 4.98 Å². The predicted molar refractivity (Wildman–Crippen MR) is 117 cm³/mol. The van der Waals surface area contributed by atoms with Gasteiger partial charge in [-0.05, 0) is 53.3 Å². The van der Waals surface area contributed by atoms with Crippen molar-refractivity contribution in [3.63, 3.8) is 0 Å². The van der Waals surface area contributed by atoms with Crippen LogP contribution < -0.4 is 0 Å². The summed E-state index contributed by atoms with van der Waals surface area (Å²) in [4.78, 5) is 16.1. The first-order valence-corrected chi connectivity index (χ1v) is 10.3. The quantitative estimate of drug-likeness (QED) is 0.211. The van der Waals surface area contributed by atoms with Gasteiger partial charge in [-0.25, -0.2) is 11.3 Å². The van der Waals surface area contributed by atoms with Crippen molar-refractivity contribution in [2.24, 2.45) is 0 Å². The van der Waals surface area contributed by atoms with Crippen molar-refractivity contribution >= 4 is 27.9 Å². The van der Waals surface area contributed by atoms with Gasteiger partial charge in [-0.2, -0.15) is 11.6 Å². The monoisotopic (exact) mass is 585 g/mol. The second kappa shape index (κ2) is 8.91. The maximum Gasteiger partial charge on any atom is 0.155 e. The van der Waals surface area contributed by atoms with Gasteiger partial charge in [0.1, 0.15) is 0 Å². The largest absolute Gasteiger partial charge is 0.512 e. The van der Waals surface area contributed by atoms with Gasteiger partial charge in [0.15, 0.2) is 5.78 Å². The topological polar surface area (TPSA) is 50.2 Å². The molecule has 2 aromatic heterocycles. The third kappa shape index (κ3) is 4.53. The predicted octanol–water partition coefficient (Wildman–Crippen LogP) is 6.56. The van der Waals surface area contributed by atoms with Crippen molar-refractivity contribution in [2.75, 3.05) is 0 Å². The van der Waals surface area contributed by atoms with Crippen LogP contribution in [0.5, 0.6) is 0 Å². The maximum absolute atomic E-state index is 10.0. The number of nitrogens with zero attached hydrogens (tertiary/aromatic N) is 1. The molecule has 155 valence electrons. The van der Waals surface area contributed by atoms with E-state index in [1.807, 2.05) is 6.20 Å². The average Bonchev–Trinajstić information content (AvgIpc) is 3.09. The van der Waals surface area contributed by atoms with Crippen molar-refractivity contribution in [1.29, 1.82) is 0 Å². The standard InChI is InChI=1S/C19H18NS.C5H8O2.Ir/c1-11(2)13-9-12-5-7-20-17-14-6-8-21-18(14)19(3,4)15(10-13)16(12)17;1-4(6)3-5(2)7;/h5,7-11H,1-4H3;3,6H,1-2H3;/q-1;;/b;4-3-;. The van der Waals surface area contributed by atoms with Gasteiger partial charge in [0, 0.05) is 32.4 Å². The maximum atomic E-state index is 10.0. The van der Waals surface area contributed by atoms with Crippen molar-refractivity contribution in [3.05, 3.63) is 63.7 Å². The number of rotatable bonds is 2. The number of carbonyl (C=O) groups is 1. The van der Waals surface area contributed by atoms with Gasteiger partial charge < -0.3 is 10.1 Å². The summed E-state index contributed by atoms with van der Waals surface area (Å²) in [6, 6.07) is 10.3. The number of hydrogen-bond donors (Lipinski definition) is 1. The van der Waals surface area contributed by atoms with E-state index in [1.165, 1.54) is 52.3 Å². The summed E-state index contributed by atoms with van der Waals surface area (Å²) in [5.41, 5.74) is 5.15. The van der Waals surface area contributed by atoms with Crippen molar-refractivity contribution < 1.29 is 30.0 Å². The first kappa shape index (κ1) is 23.5. The van der Waals surface area contributed by atoms with Gasteiger partial charge in [0.2, 0.25) is 0 Å². The van der Waals surface area contributed by atoms with Crippen LogP contribution in [0.15, 0.2) is 41.6 Å². The smallest absolute Gasteiger partial charge is 0.155 e. The van der Waals surface area contributed by atoms with Crippen LogP contribution in [-0.4, -0.2) is 15.9 Å². The zero-order valence-electron chi connectivity index (χ0n) is 17.6. The number of aliphatic hydroxyl groups excluding tert-OH is 1. The summed E-state index contributed by atoms with van der Waals surface area (Å²) in [6.07, 6.45) is 3.10. The third-order valence-corrected chi connectivity index (χ3v) is 6.24. The van der Waals surface area contributed by atoms with Gasteiger partial charge in [-0.1, -0.05) is 55.6 Å². The molecule has 0 bridgehead atoms. The van der Waals surface area contributed by atoms with Crippen LogP contribution in [0.3, 0.4) is 0 Å². The molecule has 0 saturated heterocycles. The molecule has 1 radical (unpaired) electrons. The fraction of sp³-hybridized carbons (Fsp3) is 0.333. The van der Waals surface area contributed by atoms with Gasteiger partial charge in [-0.15, -0.1) is 0 Å². The minimum Gasteiger partial charge on any atom is -0.512 e. The summed E-state index contributed by atoms with van der Waals surface area (Å²) in [5, 5.41) is 13.1. The van der Waals surface area contributed by atoms with E-state index < -0.39 is 0 Å². The number of aliphatic hydroxyl groups is 1. The van der Waals surface area contributed by atoms with E-state index in [0.29, 0.717) is 5.92 Å². The average molecular weight is 585 g/mol. The number of aromatic nitrogens is 1. The molecule has 0 fully saturated rings. The minimum absolute atomic E-state index is 0. The molecule has 0 spiro atoms. The molecular weight excluding hydrogens is 559 g/mol. The zero-order valence-corrected chi connectivity index (χ0v) is 20.8. The summed E-state index contributed by atoms with van der Waals surface area (Å²) < 4.78 is 0. The first-order chi connectivity index (χ1) is 13.1. The third-order valence-electron chi connectivity index (χ3n) is 5.05. The van der Waals surface area contributed by atoms with E-state index in [4.69, 9.17) is 5.11 Å². The second-order valence-corrected chi connectivity index (χ2v) is 8.97. The molecule has 0 atom stereocenters. The van der Waals surface area contributed by atoms with Crippen molar-refractivity contribution in [2.45, 2.75) is 52.9 Å². The van der Waals surface area contributed by atoms with E-state index in [1.54, 1.807) is 11.3 Å². The number of thiophene rings is 1. The zero-order chi connectivity index (χ0) is 20.6. The summed E-state index contributed by atoms with van der Waals surface area (Å²) >= 11 is 1.80. The summed E-state index contributed by atoms with van der Waals surface area (Å²) in [6.45, 7) is 12.0.